The summed E-state index contributed by atoms with van der Waals surface area (Å²) in [5.74, 6) is -0.326. The fraction of sp³-hybridized carbons (Fsp3) is 0.429. The van der Waals surface area contributed by atoms with Crippen LogP contribution in [0.3, 0.4) is 0 Å². The lowest BCUT2D eigenvalue weighted by Crippen LogP contribution is -2.61. The first kappa shape index (κ1) is 24.0. The van der Waals surface area contributed by atoms with Crippen molar-refractivity contribution < 1.29 is 33.1 Å². The lowest BCUT2D eigenvalue weighted by atomic mass is 9.79. The normalized spacial score (nSPS) is 23.8. The fourth-order valence-electron chi connectivity index (χ4n) is 4.51. The number of nitrogens with zero attached hydrogens (tertiary/aromatic N) is 3. The SMILES string of the molecule is O=C(c1cccc(B(O)O)c1Cl)N1CCN2C[C@@](O)(c3ccc(C(F)(F)F)cn3)CC[C@@H]2C1. The van der Waals surface area contributed by atoms with Crippen LogP contribution >= 0.6 is 11.6 Å². The molecule has 7 nitrogen and oxygen atoms in total. The summed E-state index contributed by atoms with van der Waals surface area (Å²) in [6.45, 7) is 1.40. The number of hydrogen-bond donors (Lipinski definition) is 3. The number of carbonyl (C=O) groups excluding carboxylic acids is 1. The molecule has 1 aromatic carbocycles. The predicted molar refractivity (Wildman–Crippen MR) is 115 cm³/mol. The van der Waals surface area contributed by atoms with Crippen molar-refractivity contribution in [3.8, 4) is 0 Å². The molecule has 0 bridgehead atoms. The number of aromatic nitrogens is 1. The quantitative estimate of drug-likeness (QED) is 0.569. The van der Waals surface area contributed by atoms with E-state index in [0.29, 0.717) is 32.5 Å². The smallest absolute Gasteiger partial charge is 0.423 e. The summed E-state index contributed by atoms with van der Waals surface area (Å²) in [7, 11) is -1.79. The van der Waals surface area contributed by atoms with Gasteiger partial charge in [0.1, 0.15) is 5.60 Å². The molecule has 2 aliphatic rings. The van der Waals surface area contributed by atoms with E-state index in [1.54, 1.807) is 4.90 Å². The Bertz CT molecular complexity index is 1040. The molecule has 2 atom stereocenters. The molecule has 3 heterocycles. The number of piperidine rings is 1. The summed E-state index contributed by atoms with van der Waals surface area (Å²) in [5, 5.41) is 30.0. The van der Waals surface area contributed by atoms with Gasteiger partial charge >= 0.3 is 13.3 Å². The van der Waals surface area contributed by atoms with E-state index in [4.69, 9.17) is 11.6 Å². The van der Waals surface area contributed by atoms with E-state index in [2.05, 4.69) is 4.98 Å². The Morgan fingerprint density at radius 1 is 1.21 bits per heavy atom. The molecule has 0 unspecified atom stereocenters. The van der Waals surface area contributed by atoms with Crippen molar-refractivity contribution in [3.05, 3.63) is 58.4 Å². The van der Waals surface area contributed by atoms with Crippen molar-refractivity contribution >= 4 is 30.1 Å². The van der Waals surface area contributed by atoms with E-state index >= 15 is 0 Å². The molecule has 2 fully saturated rings. The number of halogens is 4. The predicted octanol–water partition coefficient (Wildman–Crippen LogP) is 1.24. The summed E-state index contributed by atoms with van der Waals surface area (Å²) >= 11 is 6.21. The van der Waals surface area contributed by atoms with Gasteiger partial charge in [-0.1, -0.05) is 23.7 Å². The van der Waals surface area contributed by atoms with Crippen LogP contribution in [0, 0.1) is 0 Å². The maximum absolute atomic E-state index is 13.0. The van der Waals surface area contributed by atoms with Gasteiger partial charge in [0, 0.05) is 43.9 Å². The Morgan fingerprint density at radius 2 is 1.97 bits per heavy atom. The van der Waals surface area contributed by atoms with Crippen molar-refractivity contribution in [2.24, 2.45) is 0 Å². The molecule has 3 N–H and O–H groups in total. The topological polar surface area (TPSA) is 97.1 Å². The molecule has 1 aromatic heterocycles. The van der Waals surface area contributed by atoms with Crippen LogP contribution in [-0.4, -0.2) is 75.2 Å². The maximum Gasteiger partial charge on any atom is 0.489 e. The molecule has 0 spiro atoms. The highest BCUT2D eigenvalue weighted by Gasteiger charge is 2.43. The molecule has 2 aliphatic heterocycles. The molecule has 0 saturated carbocycles. The zero-order valence-electron chi connectivity index (χ0n) is 17.5. The Kier molecular flexibility index (Phi) is 6.45. The molecule has 176 valence electrons. The maximum atomic E-state index is 13.0. The van der Waals surface area contributed by atoms with Crippen molar-refractivity contribution in [3.63, 3.8) is 0 Å². The van der Waals surface area contributed by atoms with Crippen molar-refractivity contribution in [2.75, 3.05) is 26.2 Å². The highest BCUT2D eigenvalue weighted by Crippen LogP contribution is 2.36. The third-order valence-corrected chi connectivity index (χ3v) is 6.77. The molecular formula is C21H22BClF3N3O4. The molecular weight excluding hydrogens is 462 g/mol. The molecule has 4 rings (SSSR count). The summed E-state index contributed by atoms with van der Waals surface area (Å²) in [6.07, 6.45) is -2.95. The average Bonchev–Trinajstić information content (AvgIpc) is 2.78. The number of aliphatic hydroxyl groups is 1. The number of piperazine rings is 1. The van der Waals surface area contributed by atoms with Crippen LogP contribution in [0.1, 0.15) is 34.5 Å². The van der Waals surface area contributed by atoms with Crippen molar-refractivity contribution in [2.45, 2.75) is 30.7 Å². The van der Waals surface area contributed by atoms with Gasteiger partial charge in [0.25, 0.3) is 5.91 Å². The summed E-state index contributed by atoms with van der Waals surface area (Å²) in [6, 6.07) is 6.58. The number of hydrogen-bond acceptors (Lipinski definition) is 6. The molecule has 2 aromatic rings. The highest BCUT2D eigenvalue weighted by molar-refractivity contribution is 6.63. The van der Waals surface area contributed by atoms with E-state index in [1.165, 1.54) is 24.3 Å². The number of alkyl halides is 3. The minimum atomic E-state index is -4.49. The Hall–Kier alpha value is -2.18. The number of carbonyl (C=O) groups is 1. The monoisotopic (exact) mass is 483 g/mol. The number of rotatable bonds is 3. The zero-order chi connectivity index (χ0) is 24.0. The number of benzene rings is 1. The largest absolute Gasteiger partial charge is 0.489 e. The third kappa shape index (κ3) is 4.74. The van der Waals surface area contributed by atoms with Crippen LogP contribution < -0.4 is 5.46 Å². The number of fused-ring (bicyclic) bond motifs is 1. The average molecular weight is 484 g/mol. The molecule has 33 heavy (non-hydrogen) atoms. The van der Waals surface area contributed by atoms with Crippen molar-refractivity contribution in [1.29, 1.82) is 0 Å². The van der Waals surface area contributed by atoms with E-state index in [-0.39, 0.29) is 40.2 Å². The Morgan fingerprint density at radius 3 is 2.61 bits per heavy atom. The Balaban J connectivity index is 1.45. The molecule has 0 radical (unpaired) electrons. The van der Waals surface area contributed by atoms with Crippen LogP contribution in [0.25, 0.3) is 0 Å². The molecule has 0 aliphatic carbocycles. The number of pyridine rings is 1. The minimum absolute atomic E-state index is 0.00803. The van der Waals surface area contributed by atoms with Gasteiger partial charge in [0.05, 0.1) is 21.8 Å². The van der Waals surface area contributed by atoms with E-state index in [1.807, 2.05) is 4.90 Å². The minimum Gasteiger partial charge on any atom is -0.423 e. The van der Waals surface area contributed by atoms with Crippen molar-refractivity contribution in [1.82, 2.24) is 14.8 Å². The second-order valence-electron chi connectivity index (χ2n) is 8.46. The highest BCUT2D eigenvalue weighted by atomic mass is 35.5. The van der Waals surface area contributed by atoms with Gasteiger partial charge in [-0.05, 0) is 31.0 Å². The van der Waals surface area contributed by atoms with Crippen LogP contribution in [-0.2, 0) is 11.8 Å². The first-order chi connectivity index (χ1) is 15.5. The standard InChI is InChI=1S/C21H22BClF3N3O4/c23-18-15(2-1-3-16(18)22(32)33)19(30)28-8-9-29-12-20(31,7-6-14(29)11-28)17-5-4-13(10-27-17)21(24,25)26/h1-5,10,14,31-33H,6-9,11-12H2/t14-,20-/m1/s1. The van der Waals surface area contributed by atoms with Gasteiger partial charge in [-0.3, -0.25) is 14.7 Å². The Labute approximate surface area is 193 Å². The molecule has 1 amide bonds. The van der Waals surface area contributed by atoms with Gasteiger partial charge < -0.3 is 20.1 Å². The number of amides is 1. The van der Waals surface area contributed by atoms with Gasteiger partial charge in [-0.25, -0.2) is 0 Å². The van der Waals surface area contributed by atoms with Crippen LogP contribution in [0.2, 0.25) is 5.02 Å². The third-order valence-electron chi connectivity index (χ3n) is 6.35. The van der Waals surface area contributed by atoms with Crippen LogP contribution in [0.15, 0.2) is 36.5 Å². The lowest BCUT2D eigenvalue weighted by molar-refractivity contribution is -0.138. The second-order valence-corrected chi connectivity index (χ2v) is 8.84. The first-order valence-corrected chi connectivity index (χ1v) is 10.8. The van der Waals surface area contributed by atoms with Gasteiger partial charge in [-0.2, -0.15) is 13.2 Å². The summed E-state index contributed by atoms with van der Waals surface area (Å²) < 4.78 is 38.4. The van der Waals surface area contributed by atoms with Crippen LogP contribution in [0.5, 0.6) is 0 Å². The fourth-order valence-corrected chi connectivity index (χ4v) is 4.81. The molecule has 12 heteroatoms. The second kappa shape index (κ2) is 8.88. The van der Waals surface area contributed by atoms with E-state index < -0.39 is 24.5 Å². The summed E-state index contributed by atoms with van der Waals surface area (Å²) in [4.78, 5) is 20.6. The summed E-state index contributed by atoms with van der Waals surface area (Å²) in [5.41, 5.74) is -1.82. The molecule has 2 saturated heterocycles. The zero-order valence-corrected chi connectivity index (χ0v) is 18.2. The van der Waals surface area contributed by atoms with E-state index in [9.17, 15) is 33.1 Å². The lowest BCUT2D eigenvalue weighted by Gasteiger charge is -2.49. The van der Waals surface area contributed by atoms with Gasteiger partial charge in [0.2, 0.25) is 0 Å². The van der Waals surface area contributed by atoms with Crippen LogP contribution in [0.4, 0.5) is 13.2 Å². The van der Waals surface area contributed by atoms with Gasteiger partial charge in [-0.15, -0.1) is 0 Å². The van der Waals surface area contributed by atoms with E-state index in [0.717, 1.165) is 12.3 Å². The first-order valence-electron chi connectivity index (χ1n) is 10.4. The van der Waals surface area contributed by atoms with Gasteiger partial charge in [0.15, 0.2) is 0 Å².